The van der Waals surface area contributed by atoms with Crippen molar-refractivity contribution in [3.63, 3.8) is 0 Å². The number of carboxylic acid groups (broad SMARTS) is 2. The van der Waals surface area contributed by atoms with Crippen LogP contribution in [0.1, 0.15) is 129 Å². The van der Waals surface area contributed by atoms with E-state index in [0.717, 1.165) is 38.5 Å². The van der Waals surface area contributed by atoms with Gasteiger partial charge in [0.1, 0.15) is 12.1 Å². The fourth-order valence-electron chi connectivity index (χ4n) is 3.46. The molecule has 0 spiro atoms. The van der Waals surface area contributed by atoms with Crippen LogP contribution < -0.4 is 80.8 Å². The van der Waals surface area contributed by atoms with Crippen LogP contribution in [0.25, 0.3) is 0 Å². The van der Waals surface area contributed by atoms with Crippen molar-refractivity contribution in [1.82, 2.24) is 0 Å². The number of esters is 4. The van der Waals surface area contributed by atoms with Gasteiger partial charge < -0.3 is 40.7 Å². The Bertz CT molecular complexity index is 707. The van der Waals surface area contributed by atoms with Gasteiger partial charge in [-0.1, -0.05) is 90.9 Å². The molecule has 0 fully saturated rings. The summed E-state index contributed by atoms with van der Waals surface area (Å²) in [5.41, 5.74) is 10.5. The van der Waals surface area contributed by atoms with Gasteiger partial charge in [-0.3, -0.25) is 9.59 Å². The Morgan fingerprint density at radius 1 is 0.524 bits per heavy atom. The largest absolute Gasteiger partial charge is 1.00 e. The van der Waals surface area contributed by atoms with E-state index in [4.69, 9.17) is 11.5 Å². The van der Waals surface area contributed by atoms with E-state index in [9.17, 15) is 39.0 Å². The van der Waals surface area contributed by atoms with Gasteiger partial charge in [0.25, 0.3) is 0 Å². The van der Waals surface area contributed by atoms with Crippen molar-refractivity contribution < 1.29 is 108 Å². The molecule has 14 heteroatoms. The zero-order valence-corrected chi connectivity index (χ0v) is 30.1. The normalized spacial score (nSPS) is 11.3. The van der Waals surface area contributed by atoms with Crippen LogP contribution in [0.2, 0.25) is 0 Å². The zero-order chi connectivity index (χ0) is 30.8. The number of unbranched alkanes of at least 4 members (excludes halogenated alkanes) is 12. The van der Waals surface area contributed by atoms with Gasteiger partial charge in [-0.25, -0.2) is 9.59 Å². The van der Waals surface area contributed by atoms with Crippen molar-refractivity contribution in [2.45, 2.75) is 142 Å². The molecule has 42 heavy (non-hydrogen) atoms. The summed E-state index contributed by atoms with van der Waals surface area (Å²) in [6.07, 6.45) is 13.8. The molecule has 0 heterocycles. The van der Waals surface area contributed by atoms with Crippen molar-refractivity contribution >= 4 is 35.8 Å². The molecule has 0 saturated carbocycles. The van der Waals surface area contributed by atoms with Crippen molar-refractivity contribution in [3.05, 3.63) is 0 Å². The van der Waals surface area contributed by atoms with Gasteiger partial charge in [-0.2, -0.15) is 0 Å². The van der Waals surface area contributed by atoms with E-state index < -0.39 is 60.7 Å². The van der Waals surface area contributed by atoms with E-state index >= 15 is 0 Å². The molecule has 2 unspecified atom stereocenters. The topological polar surface area (TPSA) is 219 Å². The number of rotatable bonds is 22. The van der Waals surface area contributed by atoms with Gasteiger partial charge in [0.05, 0.1) is 0 Å². The third kappa shape index (κ3) is 33.6. The number of hydrogen-bond donors (Lipinski definition) is 2. The third-order valence-corrected chi connectivity index (χ3v) is 5.78. The molecule has 12 nitrogen and oxygen atoms in total. The number of carbonyl (C=O) groups excluding carboxylic acids is 6. The second-order valence-corrected chi connectivity index (χ2v) is 9.69. The molecule has 4 N–H and O–H groups in total. The first kappa shape index (κ1) is 48.1. The molecule has 0 amide bonds. The smallest absolute Gasteiger partial charge is 0.550 e. The van der Waals surface area contributed by atoms with Gasteiger partial charge in [0.15, 0.2) is 0 Å². The second kappa shape index (κ2) is 33.0. The Morgan fingerprint density at radius 2 is 0.786 bits per heavy atom. The van der Waals surface area contributed by atoms with E-state index in [1.54, 1.807) is 0 Å². The fraction of sp³-hybridized carbons (Fsp3) is 0.786. The van der Waals surface area contributed by atoms with Gasteiger partial charge in [0, 0.05) is 37.6 Å². The monoisotopic (exact) mass is 618 g/mol. The summed E-state index contributed by atoms with van der Waals surface area (Å²) < 4.78 is 8.93. The summed E-state index contributed by atoms with van der Waals surface area (Å²) in [4.78, 5) is 65.6. The molecule has 0 rings (SSSR count). The zero-order valence-electron chi connectivity index (χ0n) is 26.1. The van der Waals surface area contributed by atoms with Crippen LogP contribution in [-0.4, -0.2) is 47.9 Å². The molecule has 2 atom stereocenters. The first-order chi connectivity index (χ1) is 18.9. The molecule has 0 aromatic rings. The van der Waals surface area contributed by atoms with Crippen molar-refractivity contribution in [1.29, 1.82) is 0 Å². The summed E-state index contributed by atoms with van der Waals surface area (Å²) in [5.74, 6) is -6.23. The quantitative estimate of drug-likeness (QED) is 0.0506. The molecule has 0 aliphatic heterocycles. The summed E-state index contributed by atoms with van der Waals surface area (Å²) in [6.45, 7) is 4.30. The minimum atomic E-state index is -1.45. The predicted octanol–water partition coefficient (Wildman–Crippen LogP) is -4.66. The maximum atomic E-state index is 11.3. The van der Waals surface area contributed by atoms with Crippen molar-refractivity contribution in [3.8, 4) is 0 Å². The number of carboxylic acids is 2. The second-order valence-electron chi connectivity index (χ2n) is 9.69. The molecule has 0 aliphatic carbocycles. The van der Waals surface area contributed by atoms with Crippen LogP contribution >= 0.6 is 0 Å². The van der Waals surface area contributed by atoms with Gasteiger partial charge in [0.2, 0.25) is 0 Å². The first-order valence-electron chi connectivity index (χ1n) is 14.3. The maximum absolute atomic E-state index is 11.3. The Kier molecular flexibility index (Phi) is 37.8. The standard InChI is InChI=1S/2C14H25NO5.2Na/c2*1-2-3-4-5-6-7-8-9-13(18)20-14(19)11(15)10-12(16)17;;/h2*11H,2-10,15H2,1H3,(H,16,17);;/q;;2*+1/p-2. The molecule has 0 bridgehead atoms. The molecule has 0 aromatic heterocycles. The minimum Gasteiger partial charge on any atom is -0.550 e. The van der Waals surface area contributed by atoms with E-state index in [1.165, 1.54) is 38.5 Å². The van der Waals surface area contributed by atoms with Crippen LogP contribution in [0, 0.1) is 0 Å². The number of aliphatic carboxylic acids is 2. The number of hydrogen-bond acceptors (Lipinski definition) is 12. The molecular weight excluding hydrogens is 570 g/mol. The van der Waals surface area contributed by atoms with Gasteiger partial charge in [-0.15, -0.1) is 0 Å². The number of ether oxygens (including phenoxy) is 2. The van der Waals surface area contributed by atoms with E-state index in [1.807, 2.05) is 0 Å². The van der Waals surface area contributed by atoms with E-state index in [2.05, 4.69) is 23.3 Å². The van der Waals surface area contributed by atoms with Gasteiger partial charge >= 0.3 is 83.0 Å². The molecule has 0 aliphatic rings. The summed E-state index contributed by atoms with van der Waals surface area (Å²) in [7, 11) is 0. The Hall–Kier alpha value is -0.860. The molecule has 0 aromatic carbocycles. The molecule has 0 saturated heterocycles. The van der Waals surface area contributed by atoms with Crippen LogP contribution in [0.5, 0.6) is 0 Å². The SMILES string of the molecule is CCCCCCCCCC(=O)OC(=O)C(N)CC(=O)[O-].CCCCCCCCCC(=O)OC(=O)C(N)CC(=O)[O-].[Na+].[Na+]. The van der Waals surface area contributed by atoms with Crippen LogP contribution in [-0.2, 0) is 38.2 Å². The summed E-state index contributed by atoms with van der Waals surface area (Å²) >= 11 is 0. The maximum Gasteiger partial charge on any atom is 1.00 e. The number of carbonyl (C=O) groups is 6. The van der Waals surface area contributed by atoms with Crippen LogP contribution in [0.4, 0.5) is 0 Å². The van der Waals surface area contributed by atoms with Crippen molar-refractivity contribution in [2.75, 3.05) is 0 Å². The first-order valence-corrected chi connectivity index (χ1v) is 14.3. The van der Waals surface area contributed by atoms with Crippen molar-refractivity contribution in [2.24, 2.45) is 11.5 Å². The third-order valence-electron chi connectivity index (χ3n) is 5.78. The average Bonchev–Trinajstić information content (AvgIpc) is 2.87. The fourth-order valence-corrected chi connectivity index (χ4v) is 3.46. The minimum absolute atomic E-state index is 0. The molecule has 232 valence electrons. The molecular formula is C28H48N2Na2O10. The van der Waals surface area contributed by atoms with Gasteiger partial charge in [-0.05, 0) is 12.8 Å². The summed E-state index contributed by atoms with van der Waals surface area (Å²) in [5, 5.41) is 20.5. The number of nitrogens with two attached hydrogens (primary N) is 2. The van der Waals surface area contributed by atoms with E-state index in [0.29, 0.717) is 12.8 Å². The van der Waals surface area contributed by atoms with Crippen LogP contribution in [0.15, 0.2) is 0 Å². The average molecular weight is 619 g/mol. The Balaban J connectivity index is -0.000000328. The molecule has 0 radical (unpaired) electrons. The Labute approximate surface area is 294 Å². The van der Waals surface area contributed by atoms with Crippen LogP contribution in [0.3, 0.4) is 0 Å². The van der Waals surface area contributed by atoms with E-state index in [-0.39, 0.29) is 72.0 Å². The predicted molar refractivity (Wildman–Crippen MR) is 143 cm³/mol. The summed E-state index contributed by atoms with van der Waals surface area (Å²) in [6, 6.07) is -2.70. The Morgan fingerprint density at radius 3 is 1.05 bits per heavy atom.